The average Bonchev–Trinajstić information content (AvgIpc) is 2.38. The van der Waals surface area contributed by atoms with Crippen LogP contribution in [0.4, 0.5) is 4.39 Å². The predicted octanol–water partition coefficient (Wildman–Crippen LogP) is 3.57. The zero-order valence-corrected chi connectivity index (χ0v) is 12.9. The summed E-state index contributed by atoms with van der Waals surface area (Å²) in [5, 5.41) is 0.594. The molecule has 0 radical (unpaired) electrons. The quantitative estimate of drug-likeness (QED) is 0.831. The third-order valence-corrected chi connectivity index (χ3v) is 3.83. The van der Waals surface area contributed by atoms with Crippen LogP contribution in [0.5, 0.6) is 5.75 Å². The van der Waals surface area contributed by atoms with E-state index in [0.29, 0.717) is 29.8 Å². The van der Waals surface area contributed by atoms with Crippen LogP contribution in [-0.2, 0) is 0 Å². The first-order chi connectivity index (χ1) is 9.44. The van der Waals surface area contributed by atoms with Gasteiger partial charge in [0.15, 0.2) is 5.75 Å². The molecule has 1 saturated heterocycles. The van der Waals surface area contributed by atoms with Crippen LogP contribution in [0, 0.1) is 5.92 Å². The van der Waals surface area contributed by atoms with E-state index >= 15 is 0 Å². The van der Waals surface area contributed by atoms with Gasteiger partial charge < -0.3 is 9.64 Å². The van der Waals surface area contributed by atoms with Gasteiger partial charge in [-0.05, 0) is 51.8 Å². The van der Waals surface area contributed by atoms with Gasteiger partial charge in [0, 0.05) is 12.7 Å². The molecule has 0 unspecified atom stereocenters. The lowest BCUT2D eigenvalue weighted by molar-refractivity contribution is 0.0836. The van der Waals surface area contributed by atoms with Crippen molar-refractivity contribution in [1.82, 2.24) is 9.88 Å². The zero-order chi connectivity index (χ0) is 14.6. The lowest BCUT2D eigenvalue weighted by Gasteiger charge is -2.34. The Labute approximate surface area is 125 Å². The van der Waals surface area contributed by atoms with E-state index in [4.69, 9.17) is 16.3 Å². The minimum absolute atomic E-state index is 0.505. The molecule has 0 aromatic carbocycles. The number of piperidine rings is 1. The molecule has 1 aliphatic rings. The third kappa shape index (κ3) is 4.91. The predicted molar refractivity (Wildman–Crippen MR) is 79.1 cm³/mol. The van der Waals surface area contributed by atoms with E-state index in [1.54, 1.807) is 32.3 Å². The lowest BCUT2D eigenvalue weighted by Crippen LogP contribution is -2.41. The van der Waals surface area contributed by atoms with Crippen LogP contribution in [0.3, 0.4) is 0 Å². The maximum absolute atomic E-state index is 13.6. The Kier molecular flexibility index (Phi) is 5.22. The molecular weight excluding hydrogens is 279 g/mol. The van der Waals surface area contributed by atoms with Crippen molar-refractivity contribution in [2.75, 3.05) is 26.2 Å². The van der Waals surface area contributed by atoms with Crippen molar-refractivity contribution in [3.8, 4) is 5.75 Å². The fraction of sp³-hybridized carbons (Fsp3) is 0.667. The molecule has 2 heterocycles. The Balaban J connectivity index is 1.74. The van der Waals surface area contributed by atoms with Crippen LogP contribution in [0.25, 0.3) is 0 Å². The monoisotopic (exact) mass is 300 g/mol. The highest BCUT2D eigenvalue weighted by molar-refractivity contribution is 6.31. The zero-order valence-electron chi connectivity index (χ0n) is 12.1. The first kappa shape index (κ1) is 15.5. The Morgan fingerprint density at radius 2 is 2.15 bits per heavy atom. The molecule has 0 saturated carbocycles. The number of aromatic nitrogens is 1. The summed E-state index contributed by atoms with van der Waals surface area (Å²) in [6.45, 7) is 6.29. The van der Waals surface area contributed by atoms with Gasteiger partial charge in [0.05, 0.1) is 17.8 Å². The second-order valence-electron chi connectivity index (χ2n) is 6.06. The number of nitrogens with zero attached hydrogens (tertiary/aromatic N) is 2. The van der Waals surface area contributed by atoms with Crippen molar-refractivity contribution in [3.05, 3.63) is 23.5 Å². The standard InChI is InChI=1S/C15H22ClFN2O/c1-15(2,17)11-19-7-4-12(5-8-19)10-20-14-9-18-6-3-13(14)16/h3,6,9,12H,4-5,7-8,10-11H2,1-2H3. The lowest BCUT2D eigenvalue weighted by atomic mass is 9.97. The van der Waals surface area contributed by atoms with Crippen LogP contribution in [0.15, 0.2) is 18.5 Å². The van der Waals surface area contributed by atoms with Gasteiger partial charge in [-0.15, -0.1) is 0 Å². The molecule has 1 fully saturated rings. The summed E-state index contributed by atoms with van der Waals surface area (Å²) in [6, 6.07) is 1.73. The van der Waals surface area contributed by atoms with Gasteiger partial charge in [0.1, 0.15) is 5.67 Å². The number of ether oxygens (including phenoxy) is 1. The Bertz CT molecular complexity index is 428. The molecule has 1 aromatic rings. The molecule has 0 aliphatic carbocycles. The van der Waals surface area contributed by atoms with Crippen molar-refractivity contribution < 1.29 is 9.13 Å². The Hall–Kier alpha value is -0.870. The number of alkyl halides is 1. The van der Waals surface area contributed by atoms with Crippen molar-refractivity contribution in [2.45, 2.75) is 32.4 Å². The van der Waals surface area contributed by atoms with Crippen LogP contribution in [-0.4, -0.2) is 41.8 Å². The third-order valence-electron chi connectivity index (χ3n) is 3.52. The molecule has 1 aromatic heterocycles. The van der Waals surface area contributed by atoms with E-state index < -0.39 is 5.67 Å². The first-order valence-corrected chi connectivity index (χ1v) is 7.45. The Morgan fingerprint density at radius 1 is 1.45 bits per heavy atom. The summed E-state index contributed by atoms with van der Waals surface area (Å²) >= 11 is 6.02. The highest BCUT2D eigenvalue weighted by Gasteiger charge is 2.25. The molecule has 0 atom stereocenters. The topological polar surface area (TPSA) is 25.4 Å². The molecule has 0 N–H and O–H groups in total. The smallest absolute Gasteiger partial charge is 0.156 e. The summed E-state index contributed by atoms with van der Waals surface area (Å²) in [5.41, 5.74) is -1.12. The number of rotatable bonds is 5. The number of likely N-dealkylation sites (tertiary alicyclic amines) is 1. The van der Waals surface area contributed by atoms with Gasteiger partial charge in [-0.25, -0.2) is 4.39 Å². The van der Waals surface area contributed by atoms with Crippen LogP contribution < -0.4 is 4.74 Å². The van der Waals surface area contributed by atoms with Gasteiger partial charge in [-0.1, -0.05) is 11.6 Å². The maximum Gasteiger partial charge on any atom is 0.156 e. The van der Waals surface area contributed by atoms with Gasteiger partial charge >= 0.3 is 0 Å². The van der Waals surface area contributed by atoms with E-state index in [1.807, 2.05) is 0 Å². The molecule has 0 spiro atoms. The molecule has 2 rings (SSSR count). The summed E-state index contributed by atoms with van der Waals surface area (Å²) < 4.78 is 19.3. The van der Waals surface area contributed by atoms with Gasteiger partial charge in [0.2, 0.25) is 0 Å². The largest absolute Gasteiger partial charge is 0.490 e. The number of hydrogen-bond donors (Lipinski definition) is 0. The highest BCUT2D eigenvalue weighted by atomic mass is 35.5. The van der Waals surface area contributed by atoms with Crippen molar-refractivity contribution in [1.29, 1.82) is 0 Å². The maximum atomic E-state index is 13.6. The summed E-state index contributed by atoms with van der Waals surface area (Å²) in [6.07, 6.45) is 5.36. The SMILES string of the molecule is CC(C)(F)CN1CCC(COc2cnccc2Cl)CC1. The van der Waals surface area contributed by atoms with Crippen molar-refractivity contribution in [2.24, 2.45) is 5.92 Å². The van der Waals surface area contributed by atoms with Crippen LogP contribution in [0.1, 0.15) is 26.7 Å². The van der Waals surface area contributed by atoms with Crippen LogP contribution >= 0.6 is 11.6 Å². The molecular formula is C15H22ClFN2O. The van der Waals surface area contributed by atoms with Gasteiger partial charge in [0.25, 0.3) is 0 Å². The fourth-order valence-corrected chi connectivity index (χ4v) is 2.68. The number of pyridine rings is 1. The summed E-state index contributed by atoms with van der Waals surface area (Å²) in [4.78, 5) is 6.19. The molecule has 20 heavy (non-hydrogen) atoms. The molecule has 5 heteroatoms. The fourth-order valence-electron chi connectivity index (χ4n) is 2.52. The highest BCUT2D eigenvalue weighted by Crippen LogP contribution is 2.25. The molecule has 0 amide bonds. The number of halogens is 2. The average molecular weight is 301 g/mol. The normalized spacial score (nSPS) is 18.2. The van der Waals surface area contributed by atoms with Gasteiger partial charge in [-0.3, -0.25) is 4.98 Å². The number of hydrogen-bond acceptors (Lipinski definition) is 3. The van der Waals surface area contributed by atoms with E-state index in [9.17, 15) is 4.39 Å². The molecule has 0 bridgehead atoms. The van der Waals surface area contributed by atoms with Crippen LogP contribution in [0.2, 0.25) is 5.02 Å². The first-order valence-electron chi connectivity index (χ1n) is 7.07. The second-order valence-corrected chi connectivity index (χ2v) is 6.46. The second kappa shape index (κ2) is 6.72. The van der Waals surface area contributed by atoms with Gasteiger partial charge in [-0.2, -0.15) is 0 Å². The molecule has 112 valence electrons. The van der Waals surface area contributed by atoms with E-state index in [-0.39, 0.29) is 0 Å². The molecule has 1 aliphatic heterocycles. The summed E-state index contributed by atoms with van der Waals surface area (Å²) in [7, 11) is 0. The minimum Gasteiger partial charge on any atom is -0.490 e. The van der Waals surface area contributed by atoms with E-state index in [1.165, 1.54) is 0 Å². The minimum atomic E-state index is -1.12. The van der Waals surface area contributed by atoms with Crippen molar-refractivity contribution in [3.63, 3.8) is 0 Å². The van der Waals surface area contributed by atoms with E-state index in [2.05, 4.69) is 9.88 Å². The van der Waals surface area contributed by atoms with E-state index in [0.717, 1.165) is 25.9 Å². The Morgan fingerprint density at radius 3 is 2.75 bits per heavy atom. The van der Waals surface area contributed by atoms with Crippen molar-refractivity contribution >= 4 is 11.6 Å². The molecule has 3 nitrogen and oxygen atoms in total. The summed E-state index contributed by atoms with van der Waals surface area (Å²) in [5.74, 6) is 1.15.